The van der Waals surface area contributed by atoms with Gasteiger partial charge in [0.25, 0.3) is 0 Å². The van der Waals surface area contributed by atoms with Crippen molar-refractivity contribution in [1.29, 1.82) is 0 Å². The molecule has 0 spiro atoms. The number of hydrogen-bond donors (Lipinski definition) is 2. The highest BCUT2D eigenvalue weighted by atomic mass is 16.2. The van der Waals surface area contributed by atoms with Crippen LogP contribution in [0.4, 0.5) is 0 Å². The van der Waals surface area contributed by atoms with Crippen molar-refractivity contribution in [3.63, 3.8) is 0 Å². The van der Waals surface area contributed by atoms with Crippen molar-refractivity contribution in [1.82, 2.24) is 10.2 Å². The van der Waals surface area contributed by atoms with Crippen LogP contribution in [0, 0.1) is 5.92 Å². The highest BCUT2D eigenvalue weighted by molar-refractivity contribution is 5.81. The van der Waals surface area contributed by atoms with Crippen LogP contribution in [0.2, 0.25) is 0 Å². The Morgan fingerprint density at radius 1 is 1.44 bits per heavy atom. The number of carbonyl (C=O) groups is 1. The van der Waals surface area contributed by atoms with E-state index in [1.807, 2.05) is 13.8 Å². The van der Waals surface area contributed by atoms with Gasteiger partial charge in [-0.25, -0.2) is 0 Å². The molecule has 1 heterocycles. The van der Waals surface area contributed by atoms with Crippen molar-refractivity contribution in [3.05, 3.63) is 0 Å². The number of likely N-dealkylation sites (tertiary alicyclic amines) is 1. The van der Waals surface area contributed by atoms with Gasteiger partial charge in [0, 0.05) is 25.2 Å². The second kappa shape index (κ2) is 7.10. The monoisotopic (exact) mass is 255 g/mol. The fourth-order valence-electron chi connectivity index (χ4n) is 2.49. The summed E-state index contributed by atoms with van der Waals surface area (Å²) in [6.07, 6.45) is 3.07. The molecule has 4 atom stereocenters. The Balaban J connectivity index is 2.51. The Bertz CT molecular complexity index is 270. The summed E-state index contributed by atoms with van der Waals surface area (Å²) in [5.74, 6) is 0.673. The first kappa shape index (κ1) is 15.4. The molecule has 4 heteroatoms. The van der Waals surface area contributed by atoms with E-state index in [2.05, 4.69) is 24.1 Å². The van der Waals surface area contributed by atoms with Crippen LogP contribution in [-0.2, 0) is 4.79 Å². The van der Waals surface area contributed by atoms with E-state index >= 15 is 0 Å². The second-order valence-electron chi connectivity index (χ2n) is 5.61. The SMILES string of the molecule is CCC(C)NC(=O)C(C)N1CCC(N)C(CC)C1. The van der Waals surface area contributed by atoms with Crippen molar-refractivity contribution < 1.29 is 4.79 Å². The Kier molecular flexibility index (Phi) is 6.09. The van der Waals surface area contributed by atoms with Gasteiger partial charge in [0.05, 0.1) is 6.04 Å². The van der Waals surface area contributed by atoms with Gasteiger partial charge in [-0.2, -0.15) is 0 Å². The van der Waals surface area contributed by atoms with Gasteiger partial charge in [-0.3, -0.25) is 9.69 Å². The number of nitrogens with one attached hydrogen (secondary N) is 1. The maximum atomic E-state index is 12.1. The molecule has 18 heavy (non-hydrogen) atoms. The normalized spacial score (nSPS) is 28.7. The minimum Gasteiger partial charge on any atom is -0.352 e. The van der Waals surface area contributed by atoms with E-state index in [1.54, 1.807) is 0 Å². The summed E-state index contributed by atoms with van der Waals surface area (Å²) in [5.41, 5.74) is 6.10. The summed E-state index contributed by atoms with van der Waals surface area (Å²) < 4.78 is 0. The average molecular weight is 255 g/mol. The lowest BCUT2D eigenvalue weighted by molar-refractivity contribution is -0.127. The smallest absolute Gasteiger partial charge is 0.237 e. The van der Waals surface area contributed by atoms with Crippen LogP contribution in [-0.4, -0.2) is 42.0 Å². The van der Waals surface area contributed by atoms with Gasteiger partial charge in [0.2, 0.25) is 5.91 Å². The van der Waals surface area contributed by atoms with Gasteiger partial charge < -0.3 is 11.1 Å². The summed E-state index contributed by atoms with van der Waals surface area (Å²) >= 11 is 0. The molecule has 1 aliphatic heterocycles. The molecule has 0 aromatic heterocycles. The molecule has 1 aliphatic rings. The summed E-state index contributed by atoms with van der Waals surface area (Å²) in [6.45, 7) is 10.2. The zero-order valence-electron chi connectivity index (χ0n) is 12.3. The molecule has 106 valence electrons. The third-order valence-corrected chi connectivity index (χ3v) is 4.28. The summed E-state index contributed by atoms with van der Waals surface area (Å²) in [6, 6.07) is 0.519. The third kappa shape index (κ3) is 3.95. The molecule has 0 radical (unpaired) electrons. The first-order valence-electron chi connectivity index (χ1n) is 7.29. The fraction of sp³-hybridized carbons (Fsp3) is 0.929. The molecule has 4 nitrogen and oxygen atoms in total. The molecule has 0 aromatic carbocycles. The molecule has 4 unspecified atom stereocenters. The highest BCUT2D eigenvalue weighted by Gasteiger charge is 2.30. The van der Waals surface area contributed by atoms with Crippen LogP contribution in [0.3, 0.4) is 0 Å². The predicted molar refractivity (Wildman–Crippen MR) is 75.3 cm³/mol. The molecule has 1 fully saturated rings. The second-order valence-corrected chi connectivity index (χ2v) is 5.61. The van der Waals surface area contributed by atoms with Crippen LogP contribution in [0.25, 0.3) is 0 Å². The molecule has 3 N–H and O–H groups in total. The van der Waals surface area contributed by atoms with E-state index in [-0.39, 0.29) is 18.0 Å². The maximum absolute atomic E-state index is 12.1. The van der Waals surface area contributed by atoms with Crippen LogP contribution < -0.4 is 11.1 Å². The zero-order chi connectivity index (χ0) is 13.7. The van der Waals surface area contributed by atoms with Gasteiger partial charge in [-0.1, -0.05) is 20.3 Å². The number of nitrogens with zero attached hydrogens (tertiary/aromatic N) is 1. The first-order chi connectivity index (χ1) is 8.49. The van der Waals surface area contributed by atoms with E-state index in [0.29, 0.717) is 12.0 Å². The summed E-state index contributed by atoms with van der Waals surface area (Å²) in [4.78, 5) is 14.4. The quantitative estimate of drug-likeness (QED) is 0.779. The third-order valence-electron chi connectivity index (χ3n) is 4.28. The molecular formula is C14H29N3O. The number of piperidine rings is 1. The molecule has 1 rings (SSSR count). The van der Waals surface area contributed by atoms with E-state index in [0.717, 1.165) is 32.4 Å². The van der Waals surface area contributed by atoms with Crippen molar-refractivity contribution in [3.8, 4) is 0 Å². The summed E-state index contributed by atoms with van der Waals surface area (Å²) in [7, 11) is 0. The lowest BCUT2D eigenvalue weighted by Crippen LogP contribution is -2.54. The maximum Gasteiger partial charge on any atom is 0.237 e. The van der Waals surface area contributed by atoms with Crippen molar-refractivity contribution in [2.45, 2.75) is 65.1 Å². The van der Waals surface area contributed by atoms with Crippen LogP contribution in [0.5, 0.6) is 0 Å². The van der Waals surface area contributed by atoms with Gasteiger partial charge in [-0.05, 0) is 32.6 Å². The molecule has 1 saturated heterocycles. The Morgan fingerprint density at radius 2 is 2.11 bits per heavy atom. The number of nitrogens with two attached hydrogens (primary N) is 1. The fourth-order valence-corrected chi connectivity index (χ4v) is 2.49. The Hall–Kier alpha value is -0.610. The van der Waals surface area contributed by atoms with E-state index in [9.17, 15) is 4.79 Å². The summed E-state index contributed by atoms with van der Waals surface area (Å²) in [5, 5.41) is 3.06. The Morgan fingerprint density at radius 3 is 2.67 bits per heavy atom. The van der Waals surface area contributed by atoms with Gasteiger partial charge in [0.15, 0.2) is 0 Å². The predicted octanol–water partition coefficient (Wildman–Crippen LogP) is 1.35. The number of hydrogen-bond acceptors (Lipinski definition) is 3. The highest BCUT2D eigenvalue weighted by Crippen LogP contribution is 2.20. The first-order valence-corrected chi connectivity index (χ1v) is 7.29. The lowest BCUT2D eigenvalue weighted by atomic mass is 9.90. The minimum atomic E-state index is -0.0412. The molecule has 1 amide bonds. The van der Waals surface area contributed by atoms with Gasteiger partial charge in [-0.15, -0.1) is 0 Å². The molecule has 0 aromatic rings. The van der Waals surface area contributed by atoms with Crippen molar-refractivity contribution in [2.75, 3.05) is 13.1 Å². The largest absolute Gasteiger partial charge is 0.352 e. The molecule has 0 saturated carbocycles. The van der Waals surface area contributed by atoms with E-state index in [1.165, 1.54) is 0 Å². The van der Waals surface area contributed by atoms with Crippen LogP contribution in [0.15, 0.2) is 0 Å². The minimum absolute atomic E-state index is 0.0412. The number of amides is 1. The average Bonchev–Trinajstić information content (AvgIpc) is 2.38. The van der Waals surface area contributed by atoms with E-state index in [4.69, 9.17) is 5.73 Å². The lowest BCUT2D eigenvalue weighted by Gasteiger charge is -2.39. The van der Waals surface area contributed by atoms with Crippen LogP contribution >= 0.6 is 0 Å². The van der Waals surface area contributed by atoms with Crippen LogP contribution in [0.1, 0.15) is 47.0 Å². The van der Waals surface area contributed by atoms with Crippen molar-refractivity contribution >= 4 is 5.91 Å². The van der Waals surface area contributed by atoms with Gasteiger partial charge >= 0.3 is 0 Å². The van der Waals surface area contributed by atoms with Gasteiger partial charge in [0.1, 0.15) is 0 Å². The topological polar surface area (TPSA) is 58.4 Å². The molecule has 0 aliphatic carbocycles. The molecule has 0 bridgehead atoms. The zero-order valence-corrected chi connectivity index (χ0v) is 12.3. The number of rotatable bonds is 5. The number of carbonyl (C=O) groups excluding carboxylic acids is 1. The Labute approximate surface area is 111 Å². The van der Waals surface area contributed by atoms with E-state index < -0.39 is 0 Å². The van der Waals surface area contributed by atoms with Crippen molar-refractivity contribution in [2.24, 2.45) is 11.7 Å². The standard InChI is InChI=1S/C14H29N3O/c1-5-10(3)16-14(18)11(4)17-8-7-13(15)12(6-2)9-17/h10-13H,5-9,15H2,1-4H3,(H,16,18). The molecular weight excluding hydrogens is 226 g/mol.